The van der Waals surface area contributed by atoms with E-state index in [-0.39, 0.29) is 26.2 Å². The number of rotatable bonds is 5. The van der Waals surface area contributed by atoms with Crippen molar-refractivity contribution in [3.05, 3.63) is 34.4 Å². The van der Waals surface area contributed by atoms with Crippen LogP contribution in [-0.4, -0.2) is 79.9 Å². The number of fused-ring (bicyclic) bond motifs is 1. The van der Waals surface area contributed by atoms with Crippen LogP contribution in [0.4, 0.5) is 5.69 Å². The number of methoxy groups -OCH3 is 1. The lowest BCUT2D eigenvalue weighted by atomic mass is 9.96. The average molecular weight is 444 g/mol. The average Bonchev–Trinajstić information content (AvgIpc) is 2.71. The Morgan fingerprint density at radius 1 is 1.33 bits per heavy atom. The van der Waals surface area contributed by atoms with Crippen molar-refractivity contribution in [2.75, 3.05) is 26.9 Å². The molecule has 0 saturated carbocycles. The summed E-state index contributed by atoms with van der Waals surface area (Å²) in [5.74, 6) is -0.440. The number of benzene rings is 1. The number of aliphatic hydroxyl groups is 1. The number of aliphatic hydroxyl groups excluding tert-OH is 1. The molecule has 2 saturated heterocycles. The minimum absolute atomic E-state index is 0.0162. The third-order valence-electron chi connectivity index (χ3n) is 5.20. The quantitative estimate of drug-likeness (QED) is 0.389. The molecule has 4 atom stereocenters. The van der Waals surface area contributed by atoms with Crippen LogP contribution in [0.2, 0.25) is 0 Å². The number of carbonyl (C=O) groups is 1. The SMILES string of the molecule is COC(=O)C[C@H]1CC[C@H]2[C@@H](COC[C@@H](O)CN2S(=O)(=O)c2ccccc2[N+](=O)[O-])O1. The van der Waals surface area contributed by atoms with Gasteiger partial charge in [-0.3, -0.25) is 14.9 Å². The first-order chi connectivity index (χ1) is 14.2. The molecule has 1 N–H and O–H groups in total. The van der Waals surface area contributed by atoms with Crippen molar-refractivity contribution >= 4 is 21.7 Å². The van der Waals surface area contributed by atoms with Crippen molar-refractivity contribution in [1.82, 2.24) is 4.31 Å². The number of nitrogens with zero attached hydrogens (tertiary/aromatic N) is 2. The molecule has 0 aromatic heterocycles. The van der Waals surface area contributed by atoms with Gasteiger partial charge in [0, 0.05) is 12.6 Å². The van der Waals surface area contributed by atoms with Crippen LogP contribution in [0.15, 0.2) is 29.2 Å². The number of ether oxygens (including phenoxy) is 3. The number of esters is 1. The van der Waals surface area contributed by atoms with E-state index in [1.54, 1.807) is 0 Å². The summed E-state index contributed by atoms with van der Waals surface area (Å²) in [6, 6.07) is 4.38. The zero-order chi connectivity index (χ0) is 21.9. The summed E-state index contributed by atoms with van der Waals surface area (Å²) in [4.78, 5) is 21.8. The summed E-state index contributed by atoms with van der Waals surface area (Å²) < 4.78 is 43.9. The van der Waals surface area contributed by atoms with Crippen molar-refractivity contribution in [2.45, 2.75) is 48.5 Å². The van der Waals surface area contributed by atoms with E-state index in [1.165, 1.54) is 25.3 Å². The molecule has 2 aliphatic rings. The van der Waals surface area contributed by atoms with E-state index in [0.29, 0.717) is 12.8 Å². The van der Waals surface area contributed by atoms with E-state index in [2.05, 4.69) is 4.74 Å². The predicted molar refractivity (Wildman–Crippen MR) is 102 cm³/mol. The number of hydrogen-bond acceptors (Lipinski definition) is 9. The fraction of sp³-hybridized carbons (Fsp3) is 0.611. The highest BCUT2D eigenvalue weighted by molar-refractivity contribution is 7.89. The van der Waals surface area contributed by atoms with Gasteiger partial charge in [-0.15, -0.1) is 0 Å². The van der Waals surface area contributed by atoms with Crippen LogP contribution in [0.5, 0.6) is 0 Å². The second kappa shape index (κ2) is 9.35. The number of hydrogen-bond donors (Lipinski definition) is 1. The van der Waals surface area contributed by atoms with Crippen LogP contribution in [0, 0.1) is 10.1 Å². The van der Waals surface area contributed by atoms with Gasteiger partial charge in [-0.05, 0) is 18.9 Å². The summed E-state index contributed by atoms with van der Waals surface area (Å²) in [6.07, 6.45) is -1.51. The Balaban J connectivity index is 1.93. The van der Waals surface area contributed by atoms with Gasteiger partial charge in [-0.1, -0.05) is 12.1 Å². The Morgan fingerprint density at radius 2 is 2.07 bits per heavy atom. The monoisotopic (exact) mass is 444 g/mol. The Bertz CT molecular complexity index is 891. The first-order valence-corrected chi connectivity index (χ1v) is 10.9. The fourth-order valence-electron chi connectivity index (χ4n) is 3.79. The van der Waals surface area contributed by atoms with Crippen LogP contribution in [0.25, 0.3) is 0 Å². The molecule has 30 heavy (non-hydrogen) atoms. The maximum atomic E-state index is 13.4. The minimum Gasteiger partial charge on any atom is -0.469 e. The van der Waals surface area contributed by atoms with Gasteiger partial charge in [-0.25, -0.2) is 8.42 Å². The molecular weight excluding hydrogens is 420 g/mol. The fourth-order valence-corrected chi connectivity index (χ4v) is 5.67. The highest BCUT2D eigenvalue weighted by Gasteiger charge is 2.44. The molecule has 3 rings (SSSR count). The van der Waals surface area contributed by atoms with Gasteiger partial charge in [0.05, 0.1) is 56.0 Å². The smallest absolute Gasteiger partial charge is 0.308 e. The van der Waals surface area contributed by atoms with E-state index in [4.69, 9.17) is 9.47 Å². The maximum Gasteiger partial charge on any atom is 0.308 e. The molecule has 0 unspecified atom stereocenters. The molecule has 166 valence electrons. The summed E-state index contributed by atoms with van der Waals surface area (Å²) in [5, 5.41) is 21.6. The first kappa shape index (κ1) is 22.6. The van der Waals surface area contributed by atoms with Crippen LogP contribution >= 0.6 is 0 Å². The van der Waals surface area contributed by atoms with Crippen LogP contribution in [0.1, 0.15) is 19.3 Å². The Labute approximate surface area is 173 Å². The molecule has 0 amide bonds. The molecular formula is C18H24N2O9S. The Morgan fingerprint density at radius 3 is 2.77 bits per heavy atom. The van der Waals surface area contributed by atoms with Crippen molar-refractivity contribution in [2.24, 2.45) is 0 Å². The topological polar surface area (TPSA) is 146 Å². The van der Waals surface area contributed by atoms with E-state index in [0.717, 1.165) is 10.4 Å². The molecule has 2 heterocycles. The van der Waals surface area contributed by atoms with Crippen LogP contribution in [-0.2, 0) is 29.0 Å². The van der Waals surface area contributed by atoms with Crippen LogP contribution < -0.4 is 0 Å². The maximum absolute atomic E-state index is 13.4. The van der Waals surface area contributed by atoms with E-state index in [9.17, 15) is 28.4 Å². The lowest BCUT2D eigenvalue weighted by molar-refractivity contribution is -0.387. The van der Waals surface area contributed by atoms with Gasteiger partial charge in [0.2, 0.25) is 10.0 Å². The second-order valence-corrected chi connectivity index (χ2v) is 9.07. The zero-order valence-corrected chi connectivity index (χ0v) is 17.2. The minimum atomic E-state index is -4.32. The lowest BCUT2D eigenvalue weighted by Crippen LogP contribution is -2.57. The van der Waals surface area contributed by atoms with E-state index >= 15 is 0 Å². The number of nitro benzene ring substituents is 1. The van der Waals surface area contributed by atoms with Gasteiger partial charge in [-0.2, -0.15) is 4.31 Å². The molecule has 2 fully saturated rings. The van der Waals surface area contributed by atoms with Gasteiger partial charge in [0.1, 0.15) is 0 Å². The third kappa shape index (κ3) is 4.78. The van der Waals surface area contributed by atoms with Crippen molar-refractivity contribution in [1.29, 1.82) is 0 Å². The Kier molecular flexibility index (Phi) is 7.03. The van der Waals surface area contributed by atoms with Gasteiger partial charge < -0.3 is 19.3 Å². The summed E-state index contributed by atoms with van der Waals surface area (Å²) in [6.45, 7) is -0.389. The predicted octanol–water partition coefficient (Wildman–Crippen LogP) is 0.456. The number of carbonyl (C=O) groups excluding carboxylic acids is 1. The largest absolute Gasteiger partial charge is 0.469 e. The van der Waals surface area contributed by atoms with Gasteiger partial charge in [0.15, 0.2) is 4.90 Å². The molecule has 1 aromatic carbocycles. The Hall–Kier alpha value is -2.12. The molecule has 0 spiro atoms. The molecule has 12 heteroatoms. The lowest BCUT2D eigenvalue weighted by Gasteiger charge is -2.43. The number of β-amino-alcohol motifs (C(OH)–C–C–N with tert-alkyl or cyclic N) is 1. The zero-order valence-electron chi connectivity index (χ0n) is 16.4. The number of para-hydroxylation sites is 1. The summed E-state index contributed by atoms with van der Waals surface area (Å²) >= 11 is 0. The third-order valence-corrected chi connectivity index (χ3v) is 7.14. The summed E-state index contributed by atoms with van der Waals surface area (Å²) in [5.41, 5.74) is -0.540. The van der Waals surface area contributed by atoms with Crippen molar-refractivity contribution < 1.29 is 37.5 Å². The van der Waals surface area contributed by atoms with Crippen molar-refractivity contribution in [3.8, 4) is 0 Å². The number of sulfonamides is 1. The molecule has 11 nitrogen and oxygen atoms in total. The van der Waals surface area contributed by atoms with Crippen LogP contribution in [0.3, 0.4) is 0 Å². The normalized spacial score (nSPS) is 28.1. The summed E-state index contributed by atoms with van der Waals surface area (Å²) in [7, 11) is -3.05. The van der Waals surface area contributed by atoms with E-state index < -0.39 is 55.9 Å². The first-order valence-electron chi connectivity index (χ1n) is 9.47. The highest BCUT2D eigenvalue weighted by Crippen LogP contribution is 2.34. The number of nitro groups is 1. The molecule has 0 bridgehead atoms. The van der Waals surface area contributed by atoms with Gasteiger partial charge in [0.25, 0.3) is 5.69 Å². The molecule has 1 aromatic rings. The van der Waals surface area contributed by atoms with E-state index in [1.807, 2.05) is 0 Å². The second-order valence-electron chi connectivity index (χ2n) is 7.21. The molecule has 0 radical (unpaired) electrons. The molecule has 2 aliphatic heterocycles. The van der Waals surface area contributed by atoms with Crippen molar-refractivity contribution in [3.63, 3.8) is 0 Å². The molecule has 0 aliphatic carbocycles. The highest BCUT2D eigenvalue weighted by atomic mass is 32.2. The van der Waals surface area contributed by atoms with Gasteiger partial charge >= 0.3 is 5.97 Å². The standard InChI is InChI=1S/C18H24N2O9S/c1-27-18(22)8-13-6-7-14-16(29-13)11-28-10-12(21)9-19(14)30(25,26)17-5-3-2-4-15(17)20(23)24/h2-5,12-14,16,21H,6-11H2,1H3/t12-,13+,14-,16+/m0/s1.